The number of hydrogen-bond acceptors (Lipinski definition) is 6. The summed E-state index contributed by atoms with van der Waals surface area (Å²) in [6.07, 6.45) is 0.877. The third-order valence-electron chi connectivity index (χ3n) is 6.71. The number of ether oxygens (including phenoxy) is 2. The van der Waals surface area contributed by atoms with Crippen LogP contribution < -0.4 is 14.8 Å². The van der Waals surface area contributed by atoms with Crippen LogP contribution in [0.2, 0.25) is 10.0 Å². The van der Waals surface area contributed by atoms with Crippen molar-refractivity contribution in [2.24, 2.45) is 0 Å². The van der Waals surface area contributed by atoms with E-state index in [9.17, 15) is 18.5 Å². The van der Waals surface area contributed by atoms with Crippen LogP contribution in [0.3, 0.4) is 0 Å². The smallest absolute Gasteiger partial charge is 0.247 e. The van der Waals surface area contributed by atoms with Crippen LogP contribution >= 0.6 is 23.2 Å². The predicted octanol–water partition coefficient (Wildman–Crippen LogP) is 5.77. The number of benzene rings is 3. The molecule has 0 aliphatic carbocycles. The Labute approximate surface area is 238 Å². The molecule has 0 unspecified atom stereocenters. The summed E-state index contributed by atoms with van der Waals surface area (Å²) in [4.78, 5) is 13.3. The first-order chi connectivity index (χ1) is 18.6. The first-order valence-electron chi connectivity index (χ1n) is 12.1. The van der Waals surface area contributed by atoms with Gasteiger partial charge < -0.3 is 14.8 Å². The van der Waals surface area contributed by atoms with Crippen molar-refractivity contribution in [2.75, 3.05) is 26.1 Å². The Morgan fingerprint density at radius 1 is 1.10 bits per heavy atom. The Hall–Kier alpha value is -3.29. The number of hydrogen-bond donors (Lipinski definition) is 1. The van der Waals surface area contributed by atoms with E-state index in [0.717, 1.165) is 5.56 Å². The summed E-state index contributed by atoms with van der Waals surface area (Å²) in [6.45, 7) is 1.97. The molecule has 1 saturated heterocycles. The molecule has 39 heavy (non-hydrogen) atoms. The number of nitriles is 1. The average molecular weight is 589 g/mol. The number of amides is 1. The van der Waals surface area contributed by atoms with Gasteiger partial charge in [-0.25, -0.2) is 8.42 Å². The Bertz CT molecular complexity index is 1540. The monoisotopic (exact) mass is 587 g/mol. The van der Waals surface area contributed by atoms with Crippen molar-refractivity contribution >= 4 is 44.8 Å². The van der Waals surface area contributed by atoms with Gasteiger partial charge in [0, 0.05) is 28.3 Å². The highest BCUT2D eigenvalue weighted by Gasteiger charge is 2.41. The maximum absolute atomic E-state index is 13.6. The van der Waals surface area contributed by atoms with Crippen LogP contribution in [0.25, 0.3) is 0 Å². The molecule has 2 atom stereocenters. The summed E-state index contributed by atoms with van der Waals surface area (Å²) < 4.78 is 38.9. The van der Waals surface area contributed by atoms with Crippen molar-refractivity contribution in [3.05, 3.63) is 81.3 Å². The normalized spacial score (nSPS) is 16.4. The molecule has 11 heteroatoms. The summed E-state index contributed by atoms with van der Waals surface area (Å²) in [5.41, 5.74) is 2.44. The second kappa shape index (κ2) is 11.8. The van der Waals surface area contributed by atoms with Crippen molar-refractivity contribution in [1.29, 1.82) is 5.26 Å². The SMILES string of the molecule is COc1ccc(OC)c(S(=O)(=O)N2CCC[C@H]2C(=O)Nc2cc(Cl)c([C@H](C#N)c3ccc(Cl)cc3)cc2C)c1. The molecular formula is C28H27Cl2N3O5S. The molecule has 1 amide bonds. The maximum atomic E-state index is 13.6. The van der Waals surface area contributed by atoms with E-state index in [2.05, 4.69) is 11.4 Å². The number of anilines is 1. The van der Waals surface area contributed by atoms with Crippen LogP contribution in [0.5, 0.6) is 11.5 Å². The van der Waals surface area contributed by atoms with E-state index in [1.54, 1.807) is 49.4 Å². The molecule has 0 radical (unpaired) electrons. The highest BCUT2D eigenvalue weighted by Crippen LogP contribution is 2.36. The van der Waals surface area contributed by atoms with Crippen LogP contribution in [-0.2, 0) is 14.8 Å². The number of carbonyl (C=O) groups is 1. The number of halogens is 2. The van der Waals surface area contributed by atoms with E-state index in [0.29, 0.717) is 45.5 Å². The lowest BCUT2D eigenvalue weighted by Crippen LogP contribution is -2.43. The summed E-state index contributed by atoms with van der Waals surface area (Å²) in [6, 6.07) is 16.1. The Morgan fingerprint density at radius 3 is 2.46 bits per heavy atom. The molecule has 3 aromatic rings. The second-order valence-corrected chi connectivity index (χ2v) is 11.8. The lowest BCUT2D eigenvalue weighted by atomic mass is 9.91. The topological polar surface area (TPSA) is 109 Å². The van der Waals surface area contributed by atoms with Gasteiger partial charge in [0.2, 0.25) is 15.9 Å². The third-order valence-corrected chi connectivity index (χ3v) is 9.22. The molecule has 1 heterocycles. The molecule has 0 aromatic heterocycles. The van der Waals surface area contributed by atoms with Gasteiger partial charge in [0.15, 0.2) is 0 Å². The lowest BCUT2D eigenvalue weighted by Gasteiger charge is -2.25. The minimum atomic E-state index is -4.08. The van der Waals surface area contributed by atoms with E-state index in [4.69, 9.17) is 32.7 Å². The van der Waals surface area contributed by atoms with Gasteiger partial charge in [0.05, 0.1) is 26.2 Å². The van der Waals surface area contributed by atoms with Crippen molar-refractivity contribution in [3.8, 4) is 17.6 Å². The Kier molecular flexibility index (Phi) is 8.72. The van der Waals surface area contributed by atoms with Gasteiger partial charge >= 0.3 is 0 Å². The quantitative estimate of drug-likeness (QED) is 0.358. The largest absolute Gasteiger partial charge is 0.497 e. The number of aryl methyl sites for hydroxylation is 1. The minimum Gasteiger partial charge on any atom is -0.497 e. The Balaban J connectivity index is 1.60. The van der Waals surface area contributed by atoms with Crippen molar-refractivity contribution in [3.63, 3.8) is 0 Å². The summed E-state index contributed by atoms with van der Waals surface area (Å²) in [5.74, 6) is -0.590. The zero-order valence-electron chi connectivity index (χ0n) is 21.6. The molecule has 8 nitrogen and oxygen atoms in total. The molecule has 0 saturated carbocycles. The van der Waals surface area contributed by atoms with Gasteiger partial charge in [-0.1, -0.05) is 41.4 Å². The number of rotatable bonds is 8. The van der Waals surface area contributed by atoms with Crippen molar-refractivity contribution < 1.29 is 22.7 Å². The molecule has 3 aromatic carbocycles. The van der Waals surface area contributed by atoms with E-state index < -0.39 is 27.9 Å². The van der Waals surface area contributed by atoms with Crippen LogP contribution in [0.15, 0.2) is 59.5 Å². The number of nitrogens with one attached hydrogen (secondary N) is 1. The third kappa shape index (κ3) is 5.85. The fourth-order valence-corrected chi connectivity index (χ4v) is 6.88. The molecule has 1 fully saturated rings. The van der Waals surface area contributed by atoms with Gasteiger partial charge in [-0.15, -0.1) is 0 Å². The number of carbonyl (C=O) groups excluding carboxylic acids is 1. The zero-order valence-corrected chi connectivity index (χ0v) is 23.9. The zero-order chi connectivity index (χ0) is 28.3. The highest BCUT2D eigenvalue weighted by molar-refractivity contribution is 7.89. The average Bonchev–Trinajstić information content (AvgIpc) is 3.43. The van der Waals surface area contributed by atoms with Crippen molar-refractivity contribution in [2.45, 2.75) is 36.6 Å². The van der Waals surface area contributed by atoms with E-state index in [1.807, 2.05) is 0 Å². The molecule has 1 aliphatic heterocycles. The Morgan fingerprint density at radius 2 is 1.82 bits per heavy atom. The van der Waals surface area contributed by atoms with E-state index >= 15 is 0 Å². The summed E-state index contributed by atoms with van der Waals surface area (Å²) in [5, 5.41) is 13.6. The van der Waals surface area contributed by atoms with Gasteiger partial charge in [-0.05, 0) is 66.8 Å². The molecule has 4 rings (SSSR count). The lowest BCUT2D eigenvalue weighted by molar-refractivity contribution is -0.119. The second-order valence-electron chi connectivity index (χ2n) is 9.08. The molecule has 0 spiro atoms. The maximum Gasteiger partial charge on any atom is 0.247 e. The molecule has 1 aliphatic rings. The van der Waals surface area contributed by atoms with Crippen molar-refractivity contribution in [1.82, 2.24) is 4.31 Å². The predicted molar refractivity (Wildman–Crippen MR) is 150 cm³/mol. The minimum absolute atomic E-state index is 0.0719. The van der Waals surface area contributed by atoms with Crippen LogP contribution in [0.1, 0.15) is 35.4 Å². The summed E-state index contributed by atoms with van der Waals surface area (Å²) >= 11 is 12.6. The molecule has 0 bridgehead atoms. The number of methoxy groups -OCH3 is 2. The molecule has 1 N–H and O–H groups in total. The van der Waals surface area contributed by atoms with Crippen LogP contribution in [0.4, 0.5) is 5.69 Å². The van der Waals surface area contributed by atoms with Gasteiger partial charge in [0.25, 0.3) is 0 Å². The fourth-order valence-electron chi connectivity index (χ4n) is 4.66. The van der Waals surface area contributed by atoms with Gasteiger partial charge in [-0.2, -0.15) is 9.57 Å². The van der Waals surface area contributed by atoms with Gasteiger partial charge in [0.1, 0.15) is 22.4 Å². The van der Waals surface area contributed by atoms with Crippen LogP contribution in [0, 0.1) is 18.3 Å². The van der Waals surface area contributed by atoms with Gasteiger partial charge in [-0.3, -0.25) is 4.79 Å². The molecular weight excluding hydrogens is 561 g/mol. The first kappa shape index (κ1) is 28.7. The first-order valence-corrected chi connectivity index (χ1v) is 14.3. The number of sulfonamides is 1. The van der Waals surface area contributed by atoms with Crippen LogP contribution in [-0.4, -0.2) is 45.4 Å². The van der Waals surface area contributed by atoms with E-state index in [1.165, 1.54) is 30.7 Å². The standard InChI is InChI=1S/C28H27Cl2N3O5S/c1-17-13-21(22(16-31)18-6-8-19(29)9-7-18)23(30)15-24(17)32-28(34)25-5-4-12-33(25)39(35,36)27-14-20(37-2)10-11-26(27)38-3/h6-11,13-15,22,25H,4-5,12H2,1-3H3,(H,32,34)/t22-,25+/m1/s1. The highest BCUT2D eigenvalue weighted by atomic mass is 35.5. The van der Waals surface area contributed by atoms with E-state index in [-0.39, 0.29) is 17.2 Å². The fraction of sp³-hybridized carbons (Fsp3) is 0.286. The molecule has 204 valence electrons. The number of nitrogens with zero attached hydrogens (tertiary/aromatic N) is 2. The summed E-state index contributed by atoms with van der Waals surface area (Å²) in [7, 11) is -1.25.